The number of fused-ring (bicyclic) bond motifs is 4. The Morgan fingerprint density at radius 3 is 1.15 bits per heavy atom. The summed E-state index contributed by atoms with van der Waals surface area (Å²) in [6.07, 6.45) is 9.41. The molecule has 0 atom stereocenters. The molecule has 0 spiro atoms. The number of carbonyl (C=O) groups is 2. The second-order valence-corrected chi connectivity index (χ2v) is 16.4. The van der Waals surface area contributed by atoms with Crippen molar-refractivity contribution < 1.29 is 28.5 Å². The maximum absolute atomic E-state index is 13.7. The van der Waals surface area contributed by atoms with E-state index >= 15 is 0 Å². The Bertz CT molecular complexity index is 2680. The van der Waals surface area contributed by atoms with Crippen molar-refractivity contribution in [3.63, 3.8) is 0 Å². The van der Waals surface area contributed by atoms with E-state index in [0.717, 1.165) is 117 Å². The number of unbranched alkanes of at least 4 members (excludes halogenated alkanes) is 6. The first kappa shape index (κ1) is 42.0. The molecule has 0 fully saturated rings. The molecule has 0 saturated heterocycles. The molecule has 6 heteroatoms. The van der Waals surface area contributed by atoms with Crippen molar-refractivity contribution in [3.8, 4) is 34.1 Å². The third-order valence-electron chi connectivity index (χ3n) is 11.8. The Hall–Kier alpha value is -6.66. The largest absolute Gasteiger partial charge is 0.519 e. The minimum absolute atomic E-state index is 0.411. The summed E-state index contributed by atoms with van der Waals surface area (Å²) in [5.41, 5.74) is 6.58. The van der Waals surface area contributed by atoms with Gasteiger partial charge in [0.25, 0.3) is 0 Å². The molecule has 0 radical (unpaired) electrons. The summed E-state index contributed by atoms with van der Waals surface area (Å²) in [5.74, 6) is 1.71. The number of rotatable bonds is 15. The third-order valence-corrected chi connectivity index (χ3v) is 11.8. The summed E-state index contributed by atoms with van der Waals surface area (Å²) in [6, 6.07) is 44.0. The Balaban J connectivity index is 1.37. The average molecular weight is 823 g/mol. The van der Waals surface area contributed by atoms with E-state index in [-0.39, 0.29) is 0 Å². The Morgan fingerprint density at radius 1 is 0.387 bits per heavy atom. The van der Waals surface area contributed by atoms with Crippen LogP contribution in [0.4, 0.5) is 9.59 Å². The fraction of sp³-hybridized carbons (Fsp3) is 0.250. The normalized spacial score (nSPS) is 11.4. The highest BCUT2D eigenvalue weighted by molar-refractivity contribution is 6.27. The number of aryl methyl sites for hydroxylation is 4. The van der Waals surface area contributed by atoms with Crippen LogP contribution in [-0.2, 0) is 12.8 Å². The standard InChI is InChI=1S/C56H54O6/c1-5-7-9-11-17-39-27-33-47-49(35-39)51(43-19-13-15-21-45(43)53(47)61-55(57)59-41-29-23-37(3)24-30-41)52-44-20-14-16-22-46(44)54(62-56(58)60-42-31-25-38(4)26-32-42)48-34-28-40(36-50(48)52)18-12-10-8-6-2/h13-16,19-36H,5-12,17-18H2,1-4H3. The zero-order chi connectivity index (χ0) is 43.0. The van der Waals surface area contributed by atoms with Crippen molar-refractivity contribution in [2.45, 2.75) is 91.9 Å². The van der Waals surface area contributed by atoms with Crippen molar-refractivity contribution in [1.29, 1.82) is 0 Å². The van der Waals surface area contributed by atoms with E-state index in [4.69, 9.17) is 18.9 Å². The molecule has 0 bridgehead atoms. The van der Waals surface area contributed by atoms with Crippen LogP contribution in [0.25, 0.3) is 54.2 Å². The molecule has 0 aliphatic rings. The zero-order valence-electron chi connectivity index (χ0n) is 36.2. The number of carbonyl (C=O) groups excluding carboxylic acids is 2. The SMILES string of the molecule is CCCCCCc1ccc2c(OC(=O)Oc3ccc(C)cc3)c3ccccc3c(-c3c4ccccc4c(OC(=O)Oc4ccc(C)cc4)c4ccc(CCCCCC)cc34)c2c1. The predicted molar refractivity (Wildman–Crippen MR) is 253 cm³/mol. The van der Waals surface area contributed by atoms with Gasteiger partial charge >= 0.3 is 12.3 Å². The summed E-state index contributed by atoms with van der Waals surface area (Å²) >= 11 is 0. The van der Waals surface area contributed by atoms with Crippen molar-refractivity contribution in [2.75, 3.05) is 0 Å². The fourth-order valence-corrected chi connectivity index (χ4v) is 8.57. The lowest BCUT2D eigenvalue weighted by molar-refractivity contribution is 0.152. The van der Waals surface area contributed by atoms with Crippen LogP contribution in [-0.4, -0.2) is 12.3 Å². The van der Waals surface area contributed by atoms with Crippen LogP contribution in [0.5, 0.6) is 23.0 Å². The number of hydrogen-bond donors (Lipinski definition) is 0. The molecular formula is C56H54O6. The van der Waals surface area contributed by atoms with Crippen LogP contribution in [0.1, 0.15) is 87.5 Å². The lowest BCUT2D eigenvalue weighted by Gasteiger charge is -2.22. The van der Waals surface area contributed by atoms with Gasteiger partial charge in [-0.25, -0.2) is 9.59 Å². The molecule has 0 amide bonds. The van der Waals surface area contributed by atoms with Gasteiger partial charge in [-0.2, -0.15) is 0 Å². The smallest absolute Gasteiger partial charge is 0.395 e. The molecule has 0 unspecified atom stereocenters. The van der Waals surface area contributed by atoms with Gasteiger partial charge in [0.05, 0.1) is 0 Å². The summed E-state index contributed by atoms with van der Waals surface area (Å²) in [7, 11) is 0. The van der Waals surface area contributed by atoms with Crippen LogP contribution >= 0.6 is 0 Å². The molecule has 0 heterocycles. The quantitative estimate of drug-likeness (QED) is 0.0444. The molecule has 0 aliphatic carbocycles. The maximum Gasteiger partial charge on any atom is 0.519 e. The van der Waals surface area contributed by atoms with Gasteiger partial charge in [-0.05, 0) is 108 Å². The third kappa shape index (κ3) is 9.30. The lowest BCUT2D eigenvalue weighted by atomic mass is 9.84. The molecule has 6 nitrogen and oxygen atoms in total. The Labute approximate surface area is 364 Å². The second-order valence-electron chi connectivity index (χ2n) is 16.4. The average Bonchev–Trinajstić information content (AvgIpc) is 3.28. The predicted octanol–water partition coefficient (Wildman–Crippen LogP) is 16.0. The first-order chi connectivity index (χ1) is 30.3. The fourth-order valence-electron chi connectivity index (χ4n) is 8.57. The summed E-state index contributed by atoms with van der Waals surface area (Å²) in [4.78, 5) is 27.3. The number of benzene rings is 8. The summed E-state index contributed by atoms with van der Waals surface area (Å²) < 4.78 is 24.0. The van der Waals surface area contributed by atoms with Crippen LogP contribution in [0.3, 0.4) is 0 Å². The second kappa shape index (κ2) is 19.4. The molecule has 0 aliphatic heterocycles. The van der Waals surface area contributed by atoms with Crippen molar-refractivity contribution >= 4 is 55.4 Å². The molecule has 0 saturated carbocycles. The first-order valence-electron chi connectivity index (χ1n) is 22.2. The molecule has 8 aromatic rings. The highest BCUT2D eigenvalue weighted by Crippen LogP contribution is 2.50. The molecule has 8 aromatic carbocycles. The van der Waals surface area contributed by atoms with Gasteiger partial charge in [0.15, 0.2) is 0 Å². The van der Waals surface area contributed by atoms with Crippen molar-refractivity contribution in [3.05, 3.63) is 156 Å². The number of ether oxygens (including phenoxy) is 4. The maximum atomic E-state index is 13.7. The highest BCUT2D eigenvalue weighted by atomic mass is 16.7. The van der Waals surface area contributed by atoms with E-state index in [1.165, 1.54) is 24.0 Å². The van der Waals surface area contributed by atoms with Gasteiger partial charge < -0.3 is 18.9 Å². The van der Waals surface area contributed by atoms with E-state index in [2.05, 4.69) is 62.4 Å². The van der Waals surface area contributed by atoms with Crippen molar-refractivity contribution in [1.82, 2.24) is 0 Å². The van der Waals surface area contributed by atoms with E-state index in [1.54, 1.807) is 24.3 Å². The highest BCUT2D eigenvalue weighted by Gasteiger charge is 2.25. The topological polar surface area (TPSA) is 71.1 Å². The van der Waals surface area contributed by atoms with Gasteiger partial charge in [-0.15, -0.1) is 0 Å². The molecule has 0 N–H and O–H groups in total. The monoisotopic (exact) mass is 822 g/mol. The molecule has 0 aromatic heterocycles. The van der Waals surface area contributed by atoms with E-state index in [0.29, 0.717) is 23.0 Å². The van der Waals surface area contributed by atoms with Gasteiger partial charge in [-0.3, -0.25) is 0 Å². The molecular weight excluding hydrogens is 769 g/mol. The van der Waals surface area contributed by atoms with Crippen LogP contribution in [0.2, 0.25) is 0 Å². The van der Waals surface area contributed by atoms with E-state index < -0.39 is 12.3 Å². The zero-order valence-corrected chi connectivity index (χ0v) is 36.2. The van der Waals surface area contributed by atoms with Crippen LogP contribution in [0.15, 0.2) is 133 Å². The van der Waals surface area contributed by atoms with Crippen LogP contribution < -0.4 is 18.9 Å². The van der Waals surface area contributed by atoms with E-state index in [9.17, 15) is 9.59 Å². The summed E-state index contributed by atoms with van der Waals surface area (Å²) in [6.45, 7) is 8.44. The van der Waals surface area contributed by atoms with Gasteiger partial charge in [0, 0.05) is 21.5 Å². The number of hydrogen-bond acceptors (Lipinski definition) is 6. The van der Waals surface area contributed by atoms with Gasteiger partial charge in [0.1, 0.15) is 23.0 Å². The molecule has 314 valence electrons. The summed E-state index contributed by atoms with van der Waals surface area (Å²) in [5, 5.41) is 6.92. The Morgan fingerprint density at radius 2 is 0.758 bits per heavy atom. The molecule has 8 rings (SSSR count). The van der Waals surface area contributed by atoms with E-state index in [1.807, 2.05) is 74.5 Å². The minimum Gasteiger partial charge on any atom is -0.395 e. The van der Waals surface area contributed by atoms with Crippen molar-refractivity contribution in [2.24, 2.45) is 0 Å². The van der Waals surface area contributed by atoms with Crippen LogP contribution in [0, 0.1) is 13.8 Å². The molecule has 62 heavy (non-hydrogen) atoms. The first-order valence-corrected chi connectivity index (χ1v) is 22.2. The van der Waals surface area contributed by atoms with Gasteiger partial charge in [-0.1, -0.05) is 173 Å². The van der Waals surface area contributed by atoms with Gasteiger partial charge in [0.2, 0.25) is 0 Å². The Kier molecular flexibility index (Phi) is 13.1. The lowest BCUT2D eigenvalue weighted by Crippen LogP contribution is -2.14. The minimum atomic E-state index is -0.806.